The molecule has 0 atom stereocenters. The van der Waals surface area contributed by atoms with Gasteiger partial charge in [-0.3, -0.25) is 9.79 Å². The summed E-state index contributed by atoms with van der Waals surface area (Å²) >= 11 is 0. The molecule has 1 N–H and O–H groups in total. The lowest BCUT2D eigenvalue weighted by atomic mass is 10.1. The fourth-order valence-electron chi connectivity index (χ4n) is 1.74. The van der Waals surface area contributed by atoms with E-state index in [9.17, 15) is 4.79 Å². The Kier molecular flexibility index (Phi) is 4.88. The van der Waals surface area contributed by atoms with Gasteiger partial charge in [0.25, 0.3) is 5.91 Å². The van der Waals surface area contributed by atoms with Gasteiger partial charge < -0.3 is 5.32 Å². The molecule has 0 bridgehead atoms. The van der Waals surface area contributed by atoms with Crippen LogP contribution in [0.4, 0.5) is 5.69 Å². The molecule has 1 rings (SSSR count). The van der Waals surface area contributed by atoms with Crippen molar-refractivity contribution >= 4 is 17.3 Å². The summed E-state index contributed by atoms with van der Waals surface area (Å²) in [6.07, 6.45) is 1.83. The van der Waals surface area contributed by atoms with Crippen LogP contribution in [0.2, 0.25) is 0 Å². The molecule has 3 heteroatoms. The molecule has 0 saturated carbocycles. The topological polar surface area (TPSA) is 41.5 Å². The number of carbonyl (C=O) groups is 1. The summed E-state index contributed by atoms with van der Waals surface area (Å²) in [6, 6.07) is 5.76. The molecule has 0 saturated heterocycles. The van der Waals surface area contributed by atoms with Crippen LogP contribution in [-0.4, -0.2) is 18.7 Å². The Labute approximate surface area is 103 Å². The molecular formula is C14H20N2O. The highest BCUT2D eigenvalue weighted by atomic mass is 16.1. The highest BCUT2D eigenvalue weighted by Gasteiger charge is 2.12. The molecule has 92 valence electrons. The third kappa shape index (κ3) is 3.16. The van der Waals surface area contributed by atoms with Gasteiger partial charge in [0.2, 0.25) is 0 Å². The van der Waals surface area contributed by atoms with Gasteiger partial charge in [-0.15, -0.1) is 0 Å². The molecule has 0 aromatic heterocycles. The van der Waals surface area contributed by atoms with Crippen LogP contribution in [0.15, 0.2) is 23.2 Å². The zero-order valence-corrected chi connectivity index (χ0v) is 11.0. The van der Waals surface area contributed by atoms with Gasteiger partial charge in [-0.1, -0.05) is 26.0 Å². The zero-order valence-electron chi connectivity index (χ0n) is 11.0. The summed E-state index contributed by atoms with van der Waals surface area (Å²) in [7, 11) is 1.64. The Morgan fingerprint density at radius 3 is 2.47 bits per heavy atom. The maximum absolute atomic E-state index is 11.8. The van der Waals surface area contributed by atoms with Crippen LogP contribution >= 0.6 is 0 Å². The van der Waals surface area contributed by atoms with Crippen LogP contribution in [0.3, 0.4) is 0 Å². The molecule has 17 heavy (non-hydrogen) atoms. The summed E-state index contributed by atoms with van der Waals surface area (Å²) in [6.45, 7) is 6.09. The predicted octanol–water partition coefficient (Wildman–Crippen LogP) is 3.25. The van der Waals surface area contributed by atoms with E-state index in [-0.39, 0.29) is 5.91 Å². The fraction of sp³-hybridized carbons (Fsp3) is 0.429. The van der Waals surface area contributed by atoms with E-state index in [0.29, 0.717) is 5.56 Å². The third-order valence-electron chi connectivity index (χ3n) is 2.80. The molecule has 1 aromatic rings. The lowest BCUT2D eigenvalue weighted by Crippen LogP contribution is -2.19. The second-order valence-electron chi connectivity index (χ2n) is 3.93. The van der Waals surface area contributed by atoms with Crippen molar-refractivity contribution in [3.8, 4) is 0 Å². The molecule has 1 amide bonds. The van der Waals surface area contributed by atoms with Gasteiger partial charge in [0.1, 0.15) is 0 Å². The monoisotopic (exact) mass is 232 g/mol. The molecule has 1 aromatic carbocycles. The fourth-order valence-corrected chi connectivity index (χ4v) is 1.74. The minimum Gasteiger partial charge on any atom is -0.355 e. The van der Waals surface area contributed by atoms with Crippen LogP contribution in [0.1, 0.15) is 42.6 Å². The van der Waals surface area contributed by atoms with Crippen molar-refractivity contribution in [2.75, 3.05) is 7.05 Å². The summed E-state index contributed by atoms with van der Waals surface area (Å²) < 4.78 is 0. The molecule has 0 radical (unpaired) electrons. The quantitative estimate of drug-likeness (QED) is 0.795. The second kappa shape index (κ2) is 6.18. The Balaban J connectivity index is 3.28. The van der Waals surface area contributed by atoms with Gasteiger partial charge in [0.15, 0.2) is 0 Å². The number of rotatable bonds is 4. The van der Waals surface area contributed by atoms with Crippen molar-refractivity contribution in [3.05, 3.63) is 29.3 Å². The summed E-state index contributed by atoms with van der Waals surface area (Å²) in [5.74, 6) is -0.0755. The van der Waals surface area contributed by atoms with E-state index < -0.39 is 0 Å². The predicted molar refractivity (Wildman–Crippen MR) is 72.2 cm³/mol. The van der Waals surface area contributed by atoms with Crippen LogP contribution in [-0.2, 0) is 0 Å². The number of nitrogens with one attached hydrogen (secondary N) is 1. The molecule has 0 spiro atoms. The number of aliphatic imine (C=N–C) groups is 1. The van der Waals surface area contributed by atoms with E-state index in [4.69, 9.17) is 0 Å². The standard InChI is InChI=1S/C14H20N2O/c1-5-11(6-2)16-12-9-7-8-10(3)13(12)14(17)15-4/h7-9H,5-6H2,1-4H3,(H,15,17). The van der Waals surface area contributed by atoms with Gasteiger partial charge in [-0.05, 0) is 31.4 Å². The number of hydrogen-bond acceptors (Lipinski definition) is 2. The number of aryl methyl sites for hydroxylation is 1. The maximum Gasteiger partial charge on any atom is 0.253 e. The number of amides is 1. The molecule has 0 unspecified atom stereocenters. The minimum atomic E-state index is -0.0755. The largest absolute Gasteiger partial charge is 0.355 e. The highest BCUT2D eigenvalue weighted by molar-refractivity contribution is 6.01. The average molecular weight is 232 g/mol. The smallest absolute Gasteiger partial charge is 0.253 e. The van der Waals surface area contributed by atoms with E-state index in [0.717, 1.165) is 29.8 Å². The van der Waals surface area contributed by atoms with Crippen molar-refractivity contribution < 1.29 is 4.79 Å². The second-order valence-corrected chi connectivity index (χ2v) is 3.93. The molecule has 0 aliphatic heterocycles. The maximum atomic E-state index is 11.8. The molecule has 0 aliphatic carbocycles. The van der Waals surface area contributed by atoms with E-state index >= 15 is 0 Å². The molecule has 3 nitrogen and oxygen atoms in total. The first-order valence-electron chi connectivity index (χ1n) is 6.02. The normalized spacial score (nSPS) is 9.88. The van der Waals surface area contributed by atoms with Crippen molar-refractivity contribution in [1.82, 2.24) is 5.32 Å². The first kappa shape index (κ1) is 13.4. The van der Waals surface area contributed by atoms with Crippen LogP contribution < -0.4 is 5.32 Å². The zero-order chi connectivity index (χ0) is 12.8. The van der Waals surface area contributed by atoms with Crippen molar-refractivity contribution in [1.29, 1.82) is 0 Å². The lowest BCUT2D eigenvalue weighted by molar-refractivity contribution is 0.0963. The van der Waals surface area contributed by atoms with Crippen molar-refractivity contribution in [3.63, 3.8) is 0 Å². The SMILES string of the molecule is CCC(CC)=Nc1cccc(C)c1C(=O)NC. The van der Waals surface area contributed by atoms with E-state index in [1.54, 1.807) is 7.05 Å². The summed E-state index contributed by atoms with van der Waals surface area (Å²) in [4.78, 5) is 16.4. The first-order valence-corrected chi connectivity index (χ1v) is 6.02. The van der Waals surface area contributed by atoms with Crippen molar-refractivity contribution in [2.45, 2.75) is 33.6 Å². The molecular weight excluding hydrogens is 212 g/mol. The van der Waals surface area contributed by atoms with E-state index in [2.05, 4.69) is 24.2 Å². The highest BCUT2D eigenvalue weighted by Crippen LogP contribution is 2.23. The minimum absolute atomic E-state index is 0.0755. The first-order chi connectivity index (χ1) is 8.13. The van der Waals surface area contributed by atoms with Gasteiger partial charge in [-0.2, -0.15) is 0 Å². The third-order valence-corrected chi connectivity index (χ3v) is 2.80. The summed E-state index contributed by atoms with van der Waals surface area (Å²) in [5, 5.41) is 2.66. The van der Waals surface area contributed by atoms with Crippen LogP contribution in [0.25, 0.3) is 0 Å². The van der Waals surface area contributed by atoms with Crippen molar-refractivity contribution in [2.24, 2.45) is 4.99 Å². The summed E-state index contributed by atoms with van der Waals surface area (Å²) in [5.41, 5.74) is 3.51. The van der Waals surface area contributed by atoms with Gasteiger partial charge in [-0.25, -0.2) is 0 Å². The number of benzene rings is 1. The Morgan fingerprint density at radius 2 is 1.94 bits per heavy atom. The number of carbonyl (C=O) groups excluding carboxylic acids is 1. The Hall–Kier alpha value is -1.64. The van der Waals surface area contributed by atoms with E-state index in [1.807, 2.05) is 25.1 Å². The Bertz CT molecular complexity index is 430. The van der Waals surface area contributed by atoms with Gasteiger partial charge in [0.05, 0.1) is 11.3 Å². The van der Waals surface area contributed by atoms with E-state index in [1.165, 1.54) is 0 Å². The van der Waals surface area contributed by atoms with Gasteiger partial charge >= 0.3 is 0 Å². The Morgan fingerprint density at radius 1 is 1.29 bits per heavy atom. The van der Waals surface area contributed by atoms with Gasteiger partial charge in [0, 0.05) is 12.8 Å². The molecule has 0 heterocycles. The van der Waals surface area contributed by atoms with Crippen LogP contribution in [0.5, 0.6) is 0 Å². The number of nitrogens with zero attached hydrogens (tertiary/aromatic N) is 1. The lowest BCUT2D eigenvalue weighted by Gasteiger charge is -2.09. The molecule has 0 fully saturated rings. The molecule has 0 aliphatic rings. The number of hydrogen-bond donors (Lipinski definition) is 1. The average Bonchev–Trinajstić information content (AvgIpc) is 2.35. The van der Waals surface area contributed by atoms with Crippen LogP contribution in [0, 0.1) is 6.92 Å².